The molecule has 5 rings (SSSR count). The Labute approximate surface area is 202 Å². The number of thioether (sulfide) groups is 1. The van der Waals surface area contributed by atoms with Gasteiger partial charge in [-0.2, -0.15) is 4.68 Å². The van der Waals surface area contributed by atoms with Crippen LogP contribution in [-0.4, -0.2) is 36.3 Å². The van der Waals surface area contributed by atoms with Crippen LogP contribution < -0.4 is 0 Å². The molecule has 0 saturated carbocycles. The van der Waals surface area contributed by atoms with E-state index in [4.69, 9.17) is 0 Å². The van der Waals surface area contributed by atoms with E-state index in [0.29, 0.717) is 5.16 Å². The van der Waals surface area contributed by atoms with Gasteiger partial charge in [0.05, 0.1) is 11.4 Å². The molecule has 6 nitrogen and oxygen atoms in total. The van der Waals surface area contributed by atoms with Crippen LogP contribution in [0.3, 0.4) is 0 Å². The van der Waals surface area contributed by atoms with Crippen molar-refractivity contribution in [1.82, 2.24) is 24.8 Å². The van der Waals surface area contributed by atoms with Crippen molar-refractivity contribution in [2.45, 2.75) is 19.0 Å². The number of para-hydroxylation sites is 1. The highest BCUT2D eigenvalue weighted by Gasteiger charge is 2.19. The molecule has 0 fully saturated rings. The Morgan fingerprint density at radius 2 is 1.47 bits per heavy atom. The third-order valence-electron chi connectivity index (χ3n) is 5.74. The molecule has 2 heterocycles. The average Bonchev–Trinajstić information content (AvgIpc) is 3.47. The fraction of sp³-hybridized carbons (Fsp3) is 0.111. The van der Waals surface area contributed by atoms with E-state index in [1.165, 1.54) is 17.3 Å². The Kier molecular flexibility index (Phi) is 6.10. The molecule has 168 valence electrons. The maximum atomic E-state index is 13.1. The summed E-state index contributed by atoms with van der Waals surface area (Å²) in [5.41, 5.74) is 6.91. The molecule has 0 amide bonds. The highest BCUT2D eigenvalue weighted by atomic mass is 32.2. The van der Waals surface area contributed by atoms with Gasteiger partial charge in [-0.05, 0) is 65.7 Å². The standard InChI is InChI=1S/C27H23N5OS/c1-19-17-25(26(33)18-34-27-28-29-30-32(27)24-11-7-4-8-12-24)20(2)31(19)23-15-13-22(14-16-23)21-9-5-3-6-10-21/h3-17H,18H2,1-2H3. The van der Waals surface area contributed by atoms with Crippen molar-refractivity contribution in [3.05, 3.63) is 108 Å². The van der Waals surface area contributed by atoms with Gasteiger partial charge in [-0.15, -0.1) is 5.10 Å². The molecule has 0 atom stereocenters. The lowest BCUT2D eigenvalue weighted by Gasteiger charge is -2.11. The van der Waals surface area contributed by atoms with Gasteiger partial charge in [0, 0.05) is 22.6 Å². The number of hydrogen-bond donors (Lipinski definition) is 0. The first kappa shape index (κ1) is 21.9. The van der Waals surface area contributed by atoms with Gasteiger partial charge in [-0.1, -0.05) is 72.4 Å². The quantitative estimate of drug-likeness (QED) is 0.227. The van der Waals surface area contributed by atoms with Gasteiger partial charge < -0.3 is 4.57 Å². The first-order chi connectivity index (χ1) is 16.6. The minimum Gasteiger partial charge on any atom is -0.318 e. The molecular weight excluding hydrogens is 442 g/mol. The van der Waals surface area contributed by atoms with Crippen molar-refractivity contribution in [3.63, 3.8) is 0 Å². The summed E-state index contributed by atoms with van der Waals surface area (Å²) in [6.07, 6.45) is 0. The minimum absolute atomic E-state index is 0.0490. The van der Waals surface area contributed by atoms with Gasteiger partial charge in [0.15, 0.2) is 5.78 Å². The molecule has 0 unspecified atom stereocenters. The zero-order valence-corrected chi connectivity index (χ0v) is 19.7. The fourth-order valence-corrected chi connectivity index (χ4v) is 4.86. The molecule has 7 heteroatoms. The van der Waals surface area contributed by atoms with Crippen molar-refractivity contribution >= 4 is 17.5 Å². The average molecular weight is 466 g/mol. The highest BCUT2D eigenvalue weighted by Crippen LogP contribution is 2.26. The van der Waals surface area contributed by atoms with Crippen LogP contribution in [0.1, 0.15) is 21.7 Å². The SMILES string of the molecule is Cc1cc(C(=O)CSc2nnnn2-c2ccccc2)c(C)n1-c1ccc(-c2ccccc2)cc1. The second kappa shape index (κ2) is 9.49. The minimum atomic E-state index is 0.0490. The lowest BCUT2D eigenvalue weighted by atomic mass is 10.1. The molecule has 0 aliphatic carbocycles. The third kappa shape index (κ3) is 4.30. The number of aryl methyl sites for hydroxylation is 1. The number of aromatic nitrogens is 5. The highest BCUT2D eigenvalue weighted by molar-refractivity contribution is 7.99. The van der Waals surface area contributed by atoms with Crippen molar-refractivity contribution in [1.29, 1.82) is 0 Å². The number of rotatable bonds is 7. The summed E-state index contributed by atoms with van der Waals surface area (Å²) in [6, 6.07) is 30.3. The molecule has 3 aromatic carbocycles. The summed E-state index contributed by atoms with van der Waals surface area (Å²) in [6.45, 7) is 4.02. The van der Waals surface area contributed by atoms with Crippen molar-refractivity contribution < 1.29 is 4.79 Å². The number of ketones is 1. The number of carbonyl (C=O) groups excluding carboxylic acids is 1. The van der Waals surface area contributed by atoms with Gasteiger partial charge in [0.2, 0.25) is 5.16 Å². The van der Waals surface area contributed by atoms with Crippen LogP contribution in [0.25, 0.3) is 22.5 Å². The number of benzene rings is 3. The van der Waals surface area contributed by atoms with Crippen LogP contribution in [0.4, 0.5) is 0 Å². The van der Waals surface area contributed by atoms with E-state index in [1.54, 1.807) is 4.68 Å². The summed E-state index contributed by atoms with van der Waals surface area (Å²) < 4.78 is 3.77. The third-order valence-corrected chi connectivity index (χ3v) is 6.66. The molecule has 34 heavy (non-hydrogen) atoms. The van der Waals surface area contributed by atoms with Crippen molar-refractivity contribution in [2.75, 3.05) is 5.75 Å². The molecule has 2 aromatic heterocycles. The fourth-order valence-electron chi connectivity index (χ4n) is 4.08. The summed E-state index contributed by atoms with van der Waals surface area (Å²) in [4.78, 5) is 13.1. The number of nitrogens with zero attached hydrogens (tertiary/aromatic N) is 5. The zero-order valence-electron chi connectivity index (χ0n) is 18.9. The Balaban J connectivity index is 1.34. The molecule has 5 aromatic rings. The van der Waals surface area contributed by atoms with Gasteiger partial charge in [-0.25, -0.2) is 0 Å². The Bertz CT molecular complexity index is 1420. The molecule has 0 radical (unpaired) electrons. The summed E-state index contributed by atoms with van der Waals surface area (Å²) in [7, 11) is 0. The molecule has 0 saturated heterocycles. The molecule has 0 aliphatic heterocycles. The Morgan fingerprint density at radius 1 is 0.824 bits per heavy atom. The monoisotopic (exact) mass is 465 g/mol. The molecular formula is C27H23N5OS. The number of hydrogen-bond acceptors (Lipinski definition) is 5. The summed E-state index contributed by atoms with van der Waals surface area (Å²) >= 11 is 1.34. The largest absolute Gasteiger partial charge is 0.318 e. The van der Waals surface area contributed by atoms with Crippen LogP contribution in [0, 0.1) is 13.8 Å². The van der Waals surface area contributed by atoms with E-state index < -0.39 is 0 Å². The van der Waals surface area contributed by atoms with Gasteiger partial charge in [0.1, 0.15) is 0 Å². The number of carbonyl (C=O) groups is 1. The second-order valence-electron chi connectivity index (χ2n) is 7.95. The number of Topliss-reactive ketones (excluding diaryl/α,β-unsaturated/α-hetero) is 1. The predicted octanol–water partition coefficient (Wildman–Crippen LogP) is 5.71. The predicted molar refractivity (Wildman–Crippen MR) is 135 cm³/mol. The molecule has 0 N–H and O–H groups in total. The summed E-state index contributed by atoms with van der Waals surface area (Å²) in [5, 5.41) is 12.5. The summed E-state index contributed by atoms with van der Waals surface area (Å²) in [5.74, 6) is 0.303. The van der Waals surface area contributed by atoms with Crippen molar-refractivity contribution in [2.24, 2.45) is 0 Å². The van der Waals surface area contributed by atoms with E-state index >= 15 is 0 Å². The second-order valence-corrected chi connectivity index (χ2v) is 8.90. The van der Waals surface area contributed by atoms with E-state index in [1.807, 2.05) is 68.4 Å². The lowest BCUT2D eigenvalue weighted by Crippen LogP contribution is -2.07. The van der Waals surface area contributed by atoms with Crippen LogP contribution in [0.15, 0.2) is 96.2 Å². The smallest absolute Gasteiger partial charge is 0.214 e. The van der Waals surface area contributed by atoms with Crippen LogP contribution in [-0.2, 0) is 0 Å². The maximum Gasteiger partial charge on any atom is 0.214 e. The van der Waals surface area contributed by atoms with Gasteiger partial charge in [0.25, 0.3) is 0 Å². The van der Waals surface area contributed by atoms with E-state index in [2.05, 4.69) is 56.5 Å². The van der Waals surface area contributed by atoms with E-state index in [-0.39, 0.29) is 11.5 Å². The lowest BCUT2D eigenvalue weighted by molar-refractivity contribution is 0.102. The molecule has 0 spiro atoms. The topological polar surface area (TPSA) is 65.6 Å². The molecule has 0 aliphatic rings. The van der Waals surface area contributed by atoms with Gasteiger partial charge >= 0.3 is 0 Å². The molecule has 0 bridgehead atoms. The van der Waals surface area contributed by atoms with Crippen molar-refractivity contribution in [3.8, 4) is 22.5 Å². The van der Waals surface area contributed by atoms with Crippen LogP contribution >= 0.6 is 11.8 Å². The van der Waals surface area contributed by atoms with Crippen LogP contribution in [0.2, 0.25) is 0 Å². The zero-order chi connectivity index (χ0) is 23.5. The Hall–Kier alpha value is -3.97. The Morgan fingerprint density at radius 3 is 2.18 bits per heavy atom. The first-order valence-electron chi connectivity index (χ1n) is 11.0. The maximum absolute atomic E-state index is 13.1. The van der Waals surface area contributed by atoms with E-state index in [9.17, 15) is 4.79 Å². The first-order valence-corrected chi connectivity index (χ1v) is 11.9. The van der Waals surface area contributed by atoms with Crippen LogP contribution in [0.5, 0.6) is 0 Å². The van der Waals surface area contributed by atoms with Gasteiger partial charge in [-0.3, -0.25) is 4.79 Å². The number of tetrazole rings is 1. The van der Waals surface area contributed by atoms with E-state index in [0.717, 1.165) is 33.9 Å². The normalized spacial score (nSPS) is 11.0.